The van der Waals surface area contributed by atoms with Crippen molar-refractivity contribution >= 4 is 27.9 Å². The van der Waals surface area contributed by atoms with Crippen LogP contribution >= 0.6 is 15.9 Å². The molecule has 0 saturated carbocycles. The standard InChI is InChI=1S/C19H19BrO4/c1-13(15-9-5-3-6-10-15)23-18(21)17(20)19(22)24-14(2)16-11-7-4-8-12-16/h3-14,17H,1-2H3. The molecule has 2 aromatic carbocycles. The monoisotopic (exact) mass is 390 g/mol. The summed E-state index contributed by atoms with van der Waals surface area (Å²) in [6.45, 7) is 3.51. The van der Waals surface area contributed by atoms with Gasteiger partial charge in [-0.05, 0) is 25.0 Å². The lowest BCUT2D eigenvalue weighted by atomic mass is 10.1. The van der Waals surface area contributed by atoms with Gasteiger partial charge in [0.1, 0.15) is 12.2 Å². The molecule has 0 heterocycles. The minimum absolute atomic E-state index is 0.446. The molecule has 2 rings (SSSR count). The molecule has 5 heteroatoms. The van der Waals surface area contributed by atoms with E-state index in [4.69, 9.17) is 9.47 Å². The maximum atomic E-state index is 12.1. The van der Waals surface area contributed by atoms with Crippen LogP contribution < -0.4 is 0 Å². The van der Waals surface area contributed by atoms with Crippen molar-refractivity contribution in [1.82, 2.24) is 0 Å². The Kier molecular flexibility index (Phi) is 6.55. The van der Waals surface area contributed by atoms with E-state index in [-0.39, 0.29) is 0 Å². The second-order valence-electron chi connectivity index (χ2n) is 5.34. The van der Waals surface area contributed by atoms with Crippen molar-refractivity contribution in [2.24, 2.45) is 0 Å². The first kappa shape index (κ1) is 18.2. The minimum Gasteiger partial charge on any atom is -0.457 e. The van der Waals surface area contributed by atoms with Crippen LogP contribution in [0.1, 0.15) is 37.2 Å². The van der Waals surface area contributed by atoms with Gasteiger partial charge in [0.2, 0.25) is 4.83 Å². The van der Waals surface area contributed by atoms with Crippen LogP contribution in [0, 0.1) is 0 Å². The van der Waals surface area contributed by atoms with E-state index in [1.807, 2.05) is 60.7 Å². The molecule has 0 fully saturated rings. The van der Waals surface area contributed by atoms with Crippen LogP contribution in [0.2, 0.25) is 0 Å². The van der Waals surface area contributed by atoms with Gasteiger partial charge in [-0.1, -0.05) is 76.6 Å². The first-order chi connectivity index (χ1) is 11.5. The van der Waals surface area contributed by atoms with Crippen molar-refractivity contribution in [2.45, 2.75) is 30.9 Å². The Hall–Kier alpha value is -2.14. The molecule has 2 atom stereocenters. The predicted molar refractivity (Wildman–Crippen MR) is 94.6 cm³/mol. The van der Waals surface area contributed by atoms with Gasteiger partial charge < -0.3 is 9.47 Å². The molecule has 0 amide bonds. The molecule has 4 nitrogen and oxygen atoms in total. The summed E-state index contributed by atoms with van der Waals surface area (Å²) in [7, 11) is 0. The molecular weight excluding hydrogens is 372 g/mol. The van der Waals surface area contributed by atoms with E-state index < -0.39 is 29.0 Å². The van der Waals surface area contributed by atoms with E-state index >= 15 is 0 Å². The number of hydrogen-bond acceptors (Lipinski definition) is 4. The summed E-state index contributed by atoms with van der Waals surface area (Å²) in [5, 5.41) is 0. The third kappa shape index (κ3) is 4.93. The molecule has 0 bridgehead atoms. The molecule has 24 heavy (non-hydrogen) atoms. The Morgan fingerprint density at radius 2 is 1.08 bits per heavy atom. The maximum absolute atomic E-state index is 12.1. The van der Waals surface area contributed by atoms with Crippen molar-refractivity contribution in [3.8, 4) is 0 Å². The molecule has 0 radical (unpaired) electrons. The summed E-state index contributed by atoms with van der Waals surface area (Å²) in [5.41, 5.74) is 1.72. The Morgan fingerprint density at radius 1 is 0.750 bits per heavy atom. The quantitative estimate of drug-likeness (QED) is 0.417. The van der Waals surface area contributed by atoms with Crippen molar-refractivity contribution in [3.63, 3.8) is 0 Å². The summed E-state index contributed by atoms with van der Waals surface area (Å²) < 4.78 is 10.6. The lowest BCUT2D eigenvalue weighted by Gasteiger charge is -2.18. The van der Waals surface area contributed by atoms with Crippen LogP contribution in [0.25, 0.3) is 0 Å². The van der Waals surface area contributed by atoms with E-state index in [1.165, 1.54) is 0 Å². The number of alkyl halides is 1. The van der Waals surface area contributed by atoms with Gasteiger partial charge in [0.15, 0.2) is 0 Å². The average Bonchev–Trinajstić information content (AvgIpc) is 2.62. The van der Waals surface area contributed by atoms with Gasteiger partial charge in [-0.15, -0.1) is 0 Å². The second kappa shape index (κ2) is 8.64. The molecule has 2 aromatic rings. The second-order valence-corrected chi connectivity index (χ2v) is 6.26. The number of benzene rings is 2. The van der Waals surface area contributed by atoms with Crippen molar-refractivity contribution in [2.75, 3.05) is 0 Å². The fourth-order valence-corrected chi connectivity index (χ4v) is 2.36. The number of rotatable bonds is 6. The normalized spacial score (nSPS) is 14.3. The summed E-state index contributed by atoms with van der Waals surface area (Å²) in [6.07, 6.45) is -0.892. The molecule has 126 valence electrons. The number of carbonyl (C=O) groups excluding carboxylic acids is 2. The van der Waals surface area contributed by atoms with Gasteiger partial charge in [-0.25, -0.2) is 0 Å². The van der Waals surface area contributed by atoms with Crippen molar-refractivity contribution in [1.29, 1.82) is 0 Å². The Morgan fingerprint density at radius 3 is 1.42 bits per heavy atom. The summed E-state index contributed by atoms with van der Waals surface area (Å²) in [6, 6.07) is 18.6. The molecule has 0 aliphatic rings. The van der Waals surface area contributed by atoms with Crippen LogP contribution in [0.3, 0.4) is 0 Å². The number of ether oxygens (including phenoxy) is 2. The highest BCUT2D eigenvalue weighted by Crippen LogP contribution is 2.21. The molecular formula is C19H19BrO4. The SMILES string of the molecule is CC(OC(=O)C(Br)C(=O)OC(C)c1ccccc1)c1ccccc1. The Bertz CT molecular complexity index is 613. The highest BCUT2D eigenvalue weighted by atomic mass is 79.9. The molecule has 2 unspecified atom stereocenters. The van der Waals surface area contributed by atoms with E-state index in [9.17, 15) is 9.59 Å². The number of halogens is 1. The number of carbonyl (C=O) groups is 2. The van der Waals surface area contributed by atoms with Crippen LogP contribution in [0.15, 0.2) is 60.7 Å². The summed E-state index contributed by atoms with van der Waals surface area (Å²) >= 11 is 3.06. The van der Waals surface area contributed by atoms with Crippen LogP contribution in [0.5, 0.6) is 0 Å². The number of esters is 2. The zero-order chi connectivity index (χ0) is 17.5. The topological polar surface area (TPSA) is 52.6 Å². The fraction of sp³-hybridized carbons (Fsp3) is 0.263. The minimum atomic E-state index is -1.16. The van der Waals surface area contributed by atoms with Crippen LogP contribution in [-0.4, -0.2) is 16.8 Å². The summed E-state index contributed by atoms with van der Waals surface area (Å²) in [4.78, 5) is 23.1. The van der Waals surface area contributed by atoms with E-state index in [2.05, 4.69) is 15.9 Å². The van der Waals surface area contributed by atoms with Gasteiger partial charge >= 0.3 is 11.9 Å². The molecule has 0 aliphatic heterocycles. The van der Waals surface area contributed by atoms with Gasteiger partial charge in [-0.3, -0.25) is 9.59 Å². The molecule has 0 saturated heterocycles. The smallest absolute Gasteiger partial charge is 0.331 e. The first-order valence-electron chi connectivity index (χ1n) is 7.64. The van der Waals surface area contributed by atoms with Gasteiger partial charge in [-0.2, -0.15) is 0 Å². The molecule has 0 spiro atoms. The third-order valence-electron chi connectivity index (χ3n) is 3.54. The lowest BCUT2D eigenvalue weighted by Crippen LogP contribution is -2.29. The lowest BCUT2D eigenvalue weighted by molar-refractivity contribution is -0.158. The zero-order valence-corrected chi connectivity index (χ0v) is 15.1. The highest BCUT2D eigenvalue weighted by molar-refractivity contribution is 9.10. The third-order valence-corrected chi connectivity index (χ3v) is 4.29. The van der Waals surface area contributed by atoms with Gasteiger partial charge in [0.25, 0.3) is 0 Å². The summed E-state index contributed by atoms with van der Waals surface area (Å²) in [5.74, 6) is -1.34. The Balaban J connectivity index is 1.91. The molecule has 0 N–H and O–H groups in total. The Labute approximate surface area is 149 Å². The fourth-order valence-electron chi connectivity index (χ4n) is 2.15. The first-order valence-corrected chi connectivity index (χ1v) is 8.55. The van der Waals surface area contributed by atoms with E-state index in [0.29, 0.717) is 0 Å². The van der Waals surface area contributed by atoms with Crippen molar-refractivity contribution in [3.05, 3.63) is 71.8 Å². The van der Waals surface area contributed by atoms with Gasteiger partial charge in [0.05, 0.1) is 0 Å². The average molecular weight is 391 g/mol. The zero-order valence-electron chi connectivity index (χ0n) is 13.5. The van der Waals surface area contributed by atoms with Gasteiger partial charge in [0, 0.05) is 0 Å². The van der Waals surface area contributed by atoms with E-state index in [1.54, 1.807) is 13.8 Å². The van der Waals surface area contributed by atoms with Crippen LogP contribution in [0.4, 0.5) is 0 Å². The largest absolute Gasteiger partial charge is 0.457 e. The molecule has 0 aromatic heterocycles. The van der Waals surface area contributed by atoms with Crippen LogP contribution in [-0.2, 0) is 19.1 Å². The molecule has 0 aliphatic carbocycles. The van der Waals surface area contributed by atoms with E-state index in [0.717, 1.165) is 11.1 Å². The van der Waals surface area contributed by atoms with Crippen molar-refractivity contribution < 1.29 is 19.1 Å². The number of hydrogen-bond donors (Lipinski definition) is 0. The maximum Gasteiger partial charge on any atom is 0.331 e. The highest BCUT2D eigenvalue weighted by Gasteiger charge is 2.29. The predicted octanol–water partition coefficient (Wildman–Crippen LogP) is 4.36.